The van der Waals surface area contributed by atoms with Gasteiger partial charge in [-0.15, -0.1) is 0 Å². The normalized spacial score (nSPS) is 11.1. The van der Waals surface area contributed by atoms with Crippen LogP contribution >= 0.6 is 0 Å². The van der Waals surface area contributed by atoms with Crippen molar-refractivity contribution in [2.75, 3.05) is 5.73 Å². The van der Waals surface area contributed by atoms with Crippen LogP contribution in [0.2, 0.25) is 0 Å². The topological polar surface area (TPSA) is 95.4 Å². The molecule has 0 aliphatic carbocycles. The summed E-state index contributed by atoms with van der Waals surface area (Å²) in [6, 6.07) is 5.18. The molecule has 0 radical (unpaired) electrons. The lowest BCUT2D eigenvalue weighted by Crippen LogP contribution is -2.05. The second-order valence-corrected chi connectivity index (χ2v) is 5.60. The SMILES string of the molecule is Cc1nc(N)c2nc(-c3cncc(F)c3)n(Cc3cccnc3)c2n1. The van der Waals surface area contributed by atoms with Gasteiger partial charge in [0.25, 0.3) is 0 Å². The third-order valence-electron chi connectivity index (χ3n) is 3.76. The average Bonchev–Trinajstić information content (AvgIpc) is 2.95. The summed E-state index contributed by atoms with van der Waals surface area (Å²) < 4.78 is 15.5. The van der Waals surface area contributed by atoms with E-state index in [4.69, 9.17) is 5.73 Å². The molecule has 4 rings (SSSR count). The van der Waals surface area contributed by atoms with Crippen LogP contribution in [0.3, 0.4) is 0 Å². The number of nitrogens with zero attached hydrogens (tertiary/aromatic N) is 6. The summed E-state index contributed by atoms with van der Waals surface area (Å²) in [4.78, 5) is 21.2. The minimum Gasteiger partial charge on any atom is -0.382 e. The van der Waals surface area contributed by atoms with Crippen LogP contribution in [-0.4, -0.2) is 29.5 Å². The predicted octanol–water partition coefficient (Wildman–Crippen LogP) is 2.36. The Morgan fingerprint density at radius 2 is 2.00 bits per heavy atom. The molecule has 8 heteroatoms. The number of nitrogen functional groups attached to an aromatic ring is 1. The van der Waals surface area contributed by atoms with E-state index in [2.05, 4.69) is 24.9 Å². The van der Waals surface area contributed by atoms with Gasteiger partial charge in [-0.1, -0.05) is 6.07 Å². The van der Waals surface area contributed by atoms with E-state index in [9.17, 15) is 4.39 Å². The maximum Gasteiger partial charge on any atom is 0.166 e. The van der Waals surface area contributed by atoms with E-state index in [-0.39, 0.29) is 5.82 Å². The van der Waals surface area contributed by atoms with Gasteiger partial charge in [-0.25, -0.2) is 19.3 Å². The Balaban J connectivity index is 1.97. The first kappa shape index (κ1) is 15.1. The van der Waals surface area contributed by atoms with Crippen molar-refractivity contribution in [3.63, 3.8) is 0 Å². The fourth-order valence-corrected chi connectivity index (χ4v) is 2.71. The zero-order valence-electron chi connectivity index (χ0n) is 13.4. The molecule has 4 aromatic heterocycles. The number of imidazole rings is 1. The molecule has 124 valence electrons. The zero-order valence-corrected chi connectivity index (χ0v) is 13.4. The molecule has 4 heterocycles. The quantitative estimate of drug-likeness (QED) is 0.617. The van der Waals surface area contributed by atoms with Gasteiger partial charge >= 0.3 is 0 Å². The third kappa shape index (κ3) is 2.78. The van der Waals surface area contributed by atoms with Gasteiger partial charge in [0.05, 0.1) is 12.7 Å². The Bertz CT molecular complexity index is 1060. The van der Waals surface area contributed by atoms with Crippen molar-refractivity contribution in [3.8, 4) is 11.4 Å². The summed E-state index contributed by atoms with van der Waals surface area (Å²) in [7, 11) is 0. The van der Waals surface area contributed by atoms with E-state index in [1.54, 1.807) is 25.5 Å². The molecular formula is C17H14FN7. The molecule has 0 saturated carbocycles. The van der Waals surface area contributed by atoms with Gasteiger partial charge in [0.1, 0.15) is 17.5 Å². The molecule has 0 aromatic carbocycles. The van der Waals surface area contributed by atoms with Gasteiger partial charge in [-0.2, -0.15) is 0 Å². The Kier molecular flexibility index (Phi) is 3.57. The monoisotopic (exact) mass is 335 g/mol. The number of pyridine rings is 2. The van der Waals surface area contributed by atoms with Crippen LogP contribution in [0.1, 0.15) is 11.4 Å². The maximum atomic E-state index is 13.6. The van der Waals surface area contributed by atoms with Crippen LogP contribution in [-0.2, 0) is 6.54 Å². The van der Waals surface area contributed by atoms with E-state index < -0.39 is 5.82 Å². The van der Waals surface area contributed by atoms with Crippen LogP contribution in [0.15, 0.2) is 43.0 Å². The van der Waals surface area contributed by atoms with Gasteiger partial charge in [-0.05, 0) is 24.6 Å². The minimum atomic E-state index is -0.437. The first-order valence-corrected chi connectivity index (χ1v) is 7.62. The number of aromatic nitrogens is 6. The van der Waals surface area contributed by atoms with Crippen LogP contribution < -0.4 is 5.73 Å². The number of fused-ring (bicyclic) bond motifs is 1. The lowest BCUT2D eigenvalue weighted by molar-refractivity contribution is 0.621. The average molecular weight is 335 g/mol. The summed E-state index contributed by atoms with van der Waals surface area (Å²) in [6.07, 6.45) is 6.17. The van der Waals surface area contributed by atoms with Crippen LogP contribution in [0, 0.1) is 12.7 Å². The van der Waals surface area contributed by atoms with Crippen LogP contribution in [0.5, 0.6) is 0 Å². The fraction of sp³-hybridized carbons (Fsp3) is 0.118. The number of halogens is 1. The summed E-state index contributed by atoms with van der Waals surface area (Å²) in [6.45, 7) is 2.23. The molecular weight excluding hydrogens is 321 g/mol. The first-order valence-electron chi connectivity index (χ1n) is 7.62. The number of aryl methyl sites for hydroxylation is 1. The van der Waals surface area contributed by atoms with E-state index in [0.717, 1.165) is 11.8 Å². The van der Waals surface area contributed by atoms with Crippen LogP contribution in [0.4, 0.5) is 10.2 Å². The molecule has 25 heavy (non-hydrogen) atoms. The molecule has 0 amide bonds. The number of hydrogen-bond donors (Lipinski definition) is 1. The molecule has 0 spiro atoms. The van der Waals surface area contributed by atoms with Crippen molar-refractivity contribution in [1.82, 2.24) is 29.5 Å². The minimum absolute atomic E-state index is 0.290. The Hall–Kier alpha value is -3.42. The van der Waals surface area contributed by atoms with Crippen molar-refractivity contribution >= 4 is 17.0 Å². The highest BCUT2D eigenvalue weighted by Gasteiger charge is 2.18. The van der Waals surface area contributed by atoms with E-state index in [1.165, 1.54) is 6.07 Å². The van der Waals surface area contributed by atoms with Crippen molar-refractivity contribution < 1.29 is 4.39 Å². The third-order valence-corrected chi connectivity index (χ3v) is 3.76. The summed E-state index contributed by atoms with van der Waals surface area (Å²) in [5.74, 6) is 0.921. The first-order chi connectivity index (χ1) is 12.1. The van der Waals surface area contributed by atoms with Crippen molar-refractivity contribution in [3.05, 3.63) is 60.2 Å². The molecule has 0 aliphatic rings. The smallest absolute Gasteiger partial charge is 0.166 e. The largest absolute Gasteiger partial charge is 0.382 e. The highest BCUT2D eigenvalue weighted by Crippen LogP contribution is 2.27. The summed E-state index contributed by atoms with van der Waals surface area (Å²) in [5.41, 5.74) is 8.58. The highest BCUT2D eigenvalue weighted by molar-refractivity contribution is 5.85. The van der Waals surface area contributed by atoms with E-state index in [0.29, 0.717) is 34.9 Å². The molecule has 0 bridgehead atoms. The maximum absolute atomic E-state index is 13.6. The fourth-order valence-electron chi connectivity index (χ4n) is 2.71. The van der Waals surface area contributed by atoms with Gasteiger partial charge in [0.15, 0.2) is 17.0 Å². The van der Waals surface area contributed by atoms with Gasteiger partial charge in [-0.3, -0.25) is 9.97 Å². The standard InChI is InChI=1S/C17H14FN7/c1-10-22-15(19)14-17(23-10)25(9-11-3-2-4-20-6-11)16(24-14)12-5-13(18)8-21-7-12/h2-8H,9H2,1H3,(H2,19,22,23). The Labute approximate surface area is 142 Å². The lowest BCUT2D eigenvalue weighted by Gasteiger charge is -2.09. The van der Waals surface area contributed by atoms with Crippen molar-refractivity contribution in [2.24, 2.45) is 0 Å². The molecule has 0 atom stereocenters. The van der Waals surface area contributed by atoms with Crippen molar-refractivity contribution in [2.45, 2.75) is 13.5 Å². The van der Waals surface area contributed by atoms with Gasteiger partial charge in [0, 0.05) is 24.2 Å². The number of anilines is 1. The number of hydrogen-bond acceptors (Lipinski definition) is 6. The number of rotatable bonds is 3. The Morgan fingerprint density at radius 1 is 1.12 bits per heavy atom. The Morgan fingerprint density at radius 3 is 2.76 bits per heavy atom. The number of nitrogens with two attached hydrogens (primary N) is 1. The highest BCUT2D eigenvalue weighted by atomic mass is 19.1. The lowest BCUT2D eigenvalue weighted by atomic mass is 10.2. The van der Waals surface area contributed by atoms with Crippen molar-refractivity contribution in [1.29, 1.82) is 0 Å². The van der Waals surface area contributed by atoms with E-state index in [1.807, 2.05) is 16.7 Å². The van der Waals surface area contributed by atoms with Crippen LogP contribution in [0.25, 0.3) is 22.6 Å². The molecule has 0 unspecified atom stereocenters. The molecule has 7 nitrogen and oxygen atoms in total. The molecule has 0 aliphatic heterocycles. The second kappa shape index (κ2) is 5.90. The molecule has 2 N–H and O–H groups in total. The van der Waals surface area contributed by atoms with Gasteiger partial charge in [0.2, 0.25) is 0 Å². The molecule has 4 aromatic rings. The van der Waals surface area contributed by atoms with E-state index >= 15 is 0 Å². The predicted molar refractivity (Wildman–Crippen MR) is 91.0 cm³/mol. The molecule has 0 fully saturated rings. The zero-order chi connectivity index (χ0) is 17.4. The second-order valence-electron chi connectivity index (χ2n) is 5.60. The summed E-state index contributed by atoms with van der Waals surface area (Å²) in [5, 5.41) is 0. The van der Waals surface area contributed by atoms with Gasteiger partial charge < -0.3 is 10.3 Å². The summed E-state index contributed by atoms with van der Waals surface area (Å²) >= 11 is 0. The molecule has 0 saturated heterocycles.